The standard InChI is InChI=1S/C15H13F2NO4/c1-2-22-14(20)8-18-13(19)6-10(15(18)21)5-9-3-4-11(16)7-12(9)17/h3-5,7H,2,6,8H2,1H3/b10-5+. The van der Waals surface area contributed by atoms with E-state index in [1.54, 1.807) is 6.92 Å². The maximum Gasteiger partial charge on any atom is 0.326 e. The molecule has 5 nitrogen and oxygen atoms in total. The molecular weight excluding hydrogens is 296 g/mol. The fourth-order valence-electron chi connectivity index (χ4n) is 2.04. The fourth-order valence-corrected chi connectivity index (χ4v) is 2.04. The second-order valence-corrected chi connectivity index (χ2v) is 4.60. The molecule has 7 heteroatoms. The van der Waals surface area contributed by atoms with E-state index in [1.165, 1.54) is 12.1 Å². The lowest BCUT2D eigenvalue weighted by Gasteiger charge is -2.11. The lowest BCUT2D eigenvalue weighted by molar-refractivity contribution is -0.151. The maximum absolute atomic E-state index is 13.6. The van der Waals surface area contributed by atoms with E-state index < -0.39 is 36.0 Å². The number of nitrogens with zero attached hydrogens (tertiary/aromatic N) is 1. The predicted octanol–water partition coefficient (Wildman–Crippen LogP) is 1.67. The smallest absolute Gasteiger partial charge is 0.326 e. The number of carbonyl (C=O) groups is 3. The van der Waals surface area contributed by atoms with Crippen molar-refractivity contribution in [3.63, 3.8) is 0 Å². The van der Waals surface area contributed by atoms with E-state index >= 15 is 0 Å². The Labute approximate surface area is 125 Å². The van der Waals surface area contributed by atoms with Gasteiger partial charge in [0.25, 0.3) is 5.91 Å². The van der Waals surface area contributed by atoms with Gasteiger partial charge in [-0.25, -0.2) is 8.78 Å². The summed E-state index contributed by atoms with van der Waals surface area (Å²) in [6.07, 6.45) is 0.940. The SMILES string of the molecule is CCOC(=O)CN1C(=O)C/C(=C\c2ccc(F)cc2F)C1=O. The van der Waals surface area contributed by atoms with Crippen molar-refractivity contribution in [3.05, 3.63) is 41.0 Å². The molecule has 1 aromatic carbocycles. The minimum atomic E-state index is -0.836. The Kier molecular flexibility index (Phi) is 4.65. The van der Waals surface area contributed by atoms with E-state index in [0.29, 0.717) is 6.07 Å². The van der Waals surface area contributed by atoms with Crippen molar-refractivity contribution in [1.82, 2.24) is 4.90 Å². The van der Waals surface area contributed by atoms with Gasteiger partial charge in [0.05, 0.1) is 13.0 Å². The highest BCUT2D eigenvalue weighted by Gasteiger charge is 2.35. The predicted molar refractivity (Wildman–Crippen MR) is 72.3 cm³/mol. The van der Waals surface area contributed by atoms with Crippen LogP contribution in [0.25, 0.3) is 6.08 Å². The van der Waals surface area contributed by atoms with E-state index in [2.05, 4.69) is 4.74 Å². The average Bonchev–Trinajstić information content (AvgIpc) is 2.70. The van der Waals surface area contributed by atoms with Crippen LogP contribution in [0.2, 0.25) is 0 Å². The Balaban J connectivity index is 2.20. The van der Waals surface area contributed by atoms with Crippen LogP contribution >= 0.6 is 0 Å². The fraction of sp³-hybridized carbons (Fsp3) is 0.267. The summed E-state index contributed by atoms with van der Waals surface area (Å²) in [4.78, 5) is 36.0. The number of amides is 2. The van der Waals surface area contributed by atoms with Crippen LogP contribution in [0, 0.1) is 11.6 Å². The van der Waals surface area contributed by atoms with E-state index in [9.17, 15) is 23.2 Å². The Morgan fingerprint density at radius 2 is 2.09 bits per heavy atom. The first-order chi connectivity index (χ1) is 10.4. The van der Waals surface area contributed by atoms with Crippen molar-refractivity contribution in [2.75, 3.05) is 13.2 Å². The number of hydrogen-bond donors (Lipinski definition) is 0. The second-order valence-electron chi connectivity index (χ2n) is 4.60. The zero-order valence-corrected chi connectivity index (χ0v) is 11.8. The molecule has 2 rings (SSSR count). The van der Waals surface area contributed by atoms with Gasteiger partial charge in [0.2, 0.25) is 5.91 Å². The molecule has 0 unspecified atom stereocenters. The topological polar surface area (TPSA) is 63.7 Å². The van der Waals surface area contributed by atoms with Crippen LogP contribution in [0.15, 0.2) is 23.8 Å². The third kappa shape index (κ3) is 3.36. The highest BCUT2D eigenvalue weighted by Crippen LogP contribution is 2.23. The number of rotatable bonds is 4. The van der Waals surface area contributed by atoms with Gasteiger partial charge in [-0.1, -0.05) is 0 Å². The summed E-state index contributed by atoms with van der Waals surface area (Å²) in [5.74, 6) is -3.51. The molecule has 0 aliphatic carbocycles. The molecular formula is C15H13F2NO4. The van der Waals surface area contributed by atoms with Crippen molar-refractivity contribution < 1.29 is 27.9 Å². The molecule has 0 saturated carbocycles. The number of ether oxygens (including phenoxy) is 1. The zero-order chi connectivity index (χ0) is 16.3. The van der Waals surface area contributed by atoms with Crippen molar-refractivity contribution in [2.45, 2.75) is 13.3 Å². The number of likely N-dealkylation sites (tertiary alicyclic amines) is 1. The molecule has 2 amide bonds. The lowest BCUT2D eigenvalue weighted by Crippen LogP contribution is -2.35. The molecule has 0 aromatic heterocycles. The molecule has 0 spiro atoms. The summed E-state index contributed by atoms with van der Waals surface area (Å²) < 4.78 is 31.1. The van der Waals surface area contributed by atoms with E-state index in [-0.39, 0.29) is 24.2 Å². The van der Waals surface area contributed by atoms with Gasteiger partial charge in [0, 0.05) is 17.2 Å². The van der Waals surface area contributed by atoms with E-state index in [0.717, 1.165) is 11.0 Å². The molecule has 22 heavy (non-hydrogen) atoms. The Morgan fingerprint density at radius 1 is 1.36 bits per heavy atom. The second kappa shape index (κ2) is 6.46. The number of hydrogen-bond acceptors (Lipinski definition) is 4. The van der Waals surface area contributed by atoms with Gasteiger partial charge >= 0.3 is 5.97 Å². The minimum Gasteiger partial charge on any atom is -0.465 e. The van der Waals surface area contributed by atoms with Gasteiger partial charge in [-0.05, 0) is 25.1 Å². The first-order valence-electron chi connectivity index (χ1n) is 6.58. The van der Waals surface area contributed by atoms with E-state index in [4.69, 9.17) is 0 Å². The summed E-state index contributed by atoms with van der Waals surface area (Å²) in [6, 6.07) is 2.90. The summed E-state index contributed by atoms with van der Waals surface area (Å²) >= 11 is 0. The summed E-state index contributed by atoms with van der Waals surface area (Å²) in [7, 11) is 0. The monoisotopic (exact) mass is 309 g/mol. The largest absolute Gasteiger partial charge is 0.465 e. The molecule has 116 valence electrons. The normalized spacial score (nSPS) is 16.5. The molecule has 1 heterocycles. The summed E-state index contributed by atoms with van der Waals surface area (Å²) in [6.45, 7) is 1.27. The van der Waals surface area contributed by atoms with Gasteiger partial charge in [-0.15, -0.1) is 0 Å². The number of benzene rings is 1. The Hall–Kier alpha value is -2.57. The highest BCUT2D eigenvalue weighted by molar-refractivity contribution is 6.16. The van der Waals surface area contributed by atoms with Crippen LogP contribution < -0.4 is 0 Å². The van der Waals surface area contributed by atoms with Crippen LogP contribution in [0.5, 0.6) is 0 Å². The van der Waals surface area contributed by atoms with Crippen molar-refractivity contribution >= 4 is 23.9 Å². The minimum absolute atomic E-state index is 0.00413. The average molecular weight is 309 g/mol. The summed E-state index contributed by atoms with van der Waals surface area (Å²) in [5.41, 5.74) is 0.0374. The molecule has 0 radical (unpaired) electrons. The van der Waals surface area contributed by atoms with Gasteiger partial charge in [-0.2, -0.15) is 0 Å². The molecule has 0 bridgehead atoms. The lowest BCUT2D eigenvalue weighted by atomic mass is 10.1. The van der Waals surface area contributed by atoms with Crippen molar-refractivity contribution in [3.8, 4) is 0 Å². The molecule has 0 N–H and O–H groups in total. The quantitative estimate of drug-likeness (QED) is 0.482. The first-order valence-corrected chi connectivity index (χ1v) is 6.58. The Morgan fingerprint density at radius 3 is 2.73 bits per heavy atom. The van der Waals surface area contributed by atoms with Crippen molar-refractivity contribution in [2.24, 2.45) is 0 Å². The summed E-state index contributed by atoms with van der Waals surface area (Å²) in [5, 5.41) is 0. The van der Waals surface area contributed by atoms with Crippen molar-refractivity contribution in [1.29, 1.82) is 0 Å². The maximum atomic E-state index is 13.6. The van der Waals surface area contributed by atoms with Crippen LogP contribution in [0.4, 0.5) is 8.78 Å². The van der Waals surface area contributed by atoms with Crippen LogP contribution in [-0.2, 0) is 19.1 Å². The van der Waals surface area contributed by atoms with Crippen LogP contribution in [0.3, 0.4) is 0 Å². The zero-order valence-electron chi connectivity index (χ0n) is 11.8. The van der Waals surface area contributed by atoms with Gasteiger partial charge in [0.15, 0.2) is 0 Å². The third-order valence-corrected chi connectivity index (χ3v) is 3.05. The first kappa shape index (κ1) is 15.8. The number of carbonyl (C=O) groups excluding carboxylic acids is 3. The van der Waals surface area contributed by atoms with Gasteiger partial charge < -0.3 is 4.74 Å². The van der Waals surface area contributed by atoms with E-state index in [1.807, 2.05) is 0 Å². The molecule has 1 saturated heterocycles. The third-order valence-electron chi connectivity index (χ3n) is 3.05. The Bertz CT molecular complexity index is 670. The molecule has 1 aliphatic rings. The number of imide groups is 1. The molecule has 0 atom stereocenters. The van der Waals surface area contributed by atoms with Gasteiger partial charge in [0.1, 0.15) is 18.2 Å². The number of halogens is 2. The number of esters is 1. The highest BCUT2D eigenvalue weighted by atomic mass is 19.1. The molecule has 1 aliphatic heterocycles. The van der Waals surface area contributed by atoms with Gasteiger partial charge in [-0.3, -0.25) is 19.3 Å². The van der Waals surface area contributed by atoms with Crippen LogP contribution in [-0.4, -0.2) is 35.8 Å². The molecule has 1 aromatic rings. The molecule has 1 fully saturated rings. The van der Waals surface area contributed by atoms with Crippen LogP contribution in [0.1, 0.15) is 18.9 Å².